The maximum absolute atomic E-state index is 12.2. The second-order valence-corrected chi connectivity index (χ2v) is 5.20. The Morgan fingerprint density at radius 3 is 3.00 bits per heavy atom. The molecule has 1 aliphatic heterocycles. The van der Waals surface area contributed by atoms with E-state index in [1.165, 1.54) is 6.20 Å². The summed E-state index contributed by atoms with van der Waals surface area (Å²) in [5.41, 5.74) is 1.18. The van der Waals surface area contributed by atoms with Crippen LogP contribution in [0.4, 0.5) is 4.79 Å². The number of amides is 2. The monoisotopic (exact) mass is 330 g/mol. The number of methoxy groups -OCH3 is 1. The van der Waals surface area contributed by atoms with Crippen LogP contribution in [0.5, 0.6) is 5.75 Å². The van der Waals surface area contributed by atoms with Gasteiger partial charge >= 0.3 is 6.09 Å². The number of aromatic nitrogens is 2. The topological polar surface area (TPSA) is 85.7 Å². The number of nitrogens with zero attached hydrogens (tertiary/aromatic N) is 3. The van der Waals surface area contributed by atoms with Gasteiger partial charge in [0.05, 0.1) is 25.4 Å². The Kier molecular flexibility index (Phi) is 4.64. The van der Waals surface area contributed by atoms with Crippen molar-refractivity contribution >= 4 is 12.0 Å². The number of carbonyl (C=O) groups is 2. The molecule has 0 spiro atoms. The van der Waals surface area contributed by atoms with Crippen LogP contribution >= 0.6 is 0 Å². The van der Waals surface area contributed by atoms with Gasteiger partial charge in [-0.25, -0.2) is 9.48 Å². The lowest BCUT2D eigenvalue weighted by atomic mass is 10.3. The van der Waals surface area contributed by atoms with E-state index in [1.54, 1.807) is 22.9 Å². The molecule has 0 bridgehead atoms. The molecule has 8 nitrogen and oxygen atoms in total. The quantitative estimate of drug-likeness (QED) is 0.856. The van der Waals surface area contributed by atoms with E-state index < -0.39 is 0 Å². The van der Waals surface area contributed by atoms with E-state index in [1.807, 2.05) is 24.3 Å². The van der Waals surface area contributed by atoms with Crippen molar-refractivity contribution < 1.29 is 19.1 Å². The molecule has 0 atom stereocenters. The van der Waals surface area contributed by atoms with Gasteiger partial charge in [0, 0.05) is 19.3 Å². The van der Waals surface area contributed by atoms with Gasteiger partial charge < -0.3 is 19.7 Å². The summed E-state index contributed by atoms with van der Waals surface area (Å²) in [4.78, 5) is 25.0. The summed E-state index contributed by atoms with van der Waals surface area (Å²) in [6.45, 7) is 1.73. The number of benzene rings is 1. The molecular formula is C16H18N4O4. The number of nitrogens with one attached hydrogen (secondary N) is 1. The van der Waals surface area contributed by atoms with Crippen LogP contribution in [-0.2, 0) is 4.74 Å². The molecule has 126 valence electrons. The van der Waals surface area contributed by atoms with E-state index in [2.05, 4.69) is 10.4 Å². The highest BCUT2D eigenvalue weighted by Crippen LogP contribution is 2.21. The van der Waals surface area contributed by atoms with Crippen molar-refractivity contribution in [3.63, 3.8) is 0 Å². The first-order valence-electron chi connectivity index (χ1n) is 7.57. The first kappa shape index (κ1) is 15.9. The van der Waals surface area contributed by atoms with Crippen LogP contribution in [-0.4, -0.2) is 60.0 Å². The second-order valence-electron chi connectivity index (χ2n) is 5.20. The SMILES string of the molecule is COc1ccccc1-n1cc(C(=O)NCCN2CCOC2=O)cn1. The summed E-state index contributed by atoms with van der Waals surface area (Å²) in [7, 11) is 1.58. The summed E-state index contributed by atoms with van der Waals surface area (Å²) in [6.07, 6.45) is 2.79. The zero-order valence-corrected chi connectivity index (χ0v) is 13.3. The lowest BCUT2D eigenvalue weighted by Crippen LogP contribution is -2.35. The number of rotatable bonds is 6. The van der Waals surface area contributed by atoms with E-state index in [0.717, 1.165) is 5.69 Å². The Hall–Kier alpha value is -3.03. The highest BCUT2D eigenvalue weighted by Gasteiger charge is 2.21. The molecule has 0 aliphatic carbocycles. The molecule has 0 saturated carbocycles. The third kappa shape index (κ3) is 3.32. The normalized spacial score (nSPS) is 13.7. The predicted molar refractivity (Wildman–Crippen MR) is 85.4 cm³/mol. The minimum Gasteiger partial charge on any atom is -0.494 e. The third-order valence-corrected chi connectivity index (χ3v) is 3.69. The van der Waals surface area contributed by atoms with E-state index in [-0.39, 0.29) is 12.0 Å². The molecule has 2 heterocycles. The van der Waals surface area contributed by atoms with Gasteiger partial charge in [0.2, 0.25) is 0 Å². The summed E-state index contributed by atoms with van der Waals surface area (Å²) in [5, 5.41) is 6.97. The maximum atomic E-state index is 12.2. The zero-order valence-electron chi connectivity index (χ0n) is 13.3. The number of carbonyl (C=O) groups excluding carboxylic acids is 2. The Labute approximate surface area is 139 Å². The molecule has 0 radical (unpaired) electrons. The average Bonchev–Trinajstić information content (AvgIpc) is 3.24. The number of hydrogen-bond acceptors (Lipinski definition) is 5. The van der Waals surface area contributed by atoms with Crippen molar-refractivity contribution in [3.05, 3.63) is 42.2 Å². The van der Waals surface area contributed by atoms with Crippen molar-refractivity contribution in [2.75, 3.05) is 33.4 Å². The first-order chi connectivity index (χ1) is 11.7. The lowest BCUT2D eigenvalue weighted by molar-refractivity contribution is 0.0948. The smallest absolute Gasteiger partial charge is 0.409 e. The molecule has 1 N–H and O–H groups in total. The fourth-order valence-electron chi connectivity index (χ4n) is 2.43. The number of hydrogen-bond donors (Lipinski definition) is 1. The molecule has 2 aromatic rings. The predicted octanol–water partition coefficient (Wildman–Crippen LogP) is 1.06. The fraction of sp³-hybridized carbons (Fsp3) is 0.312. The van der Waals surface area contributed by atoms with E-state index in [9.17, 15) is 9.59 Å². The van der Waals surface area contributed by atoms with Crippen LogP contribution < -0.4 is 10.1 Å². The molecule has 1 aromatic carbocycles. The molecule has 1 fully saturated rings. The Morgan fingerprint density at radius 1 is 1.42 bits per heavy atom. The van der Waals surface area contributed by atoms with Crippen LogP contribution in [0.15, 0.2) is 36.7 Å². The number of ether oxygens (including phenoxy) is 2. The van der Waals surface area contributed by atoms with E-state index in [0.29, 0.717) is 37.6 Å². The highest BCUT2D eigenvalue weighted by molar-refractivity contribution is 5.93. The van der Waals surface area contributed by atoms with Crippen molar-refractivity contribution in [1.82, 2.24) is 20.0 Å². The van der Waals surface area contributed by atoms with Crippen LogP contribution in [0.2, 0.25) is 0 Å². The van der Waals surface area contributed by atoms with Gasteiger partial charge in [-0.3, -0.25) is 4.79 Å². The van der Waals surface area contributed by atoms with Crippen molar-refractivity contribution in [3.8, 4) is 11.4 Å². The van der Waals surface area contributed by atoms with Gasteiger partial charge in [-0.2, -0.15) is 5.10 Å². The molecule has 3 rings (SSSR count). The zero-order chi connectivity index (χ0) is 16.9. The first-order valence-corrected chi connectivity index (χ1v) is 7.57. The average molecular weight is 330 g/mol. The summed E-state index contributed by atoms with van der Waals surface area (Å²) < 4.78 is 11.7. The summed E-state index contributed by atoms with van der Waals surface area (Å²) in [5.74, 6) is 0.420. The molecule has 8 heteroatoms. The minimum atomic E-state index is -0.340. The van der Waals surface area contributed by atoms with Gasteiger partial charge in [-0.05, 0) is 12.1 Å². The second kappa shape index (κ2) is 7.03. The van der Waals surface area contributed by atoms with Crippen molar-refractivity contribution in [2.24, 2.45) is 0 Å². The molecule has 1 aromatic heterocycles. The van der Waals surface area contributed by atoms with Crippen LogP contribution in [0.25, 0.3) is 5.69 Å². The number of cyclic esters (lactones) is 1. The van der Waals surface area contributed by atoms with Crippen molar-refractivity contribution in [1.29, 1.82) is 0 Å². The van der Waals surface area contributed by atoms with Crippen molar-refractivity contribution in [2.45, 2.75) is 0 Å². The van der Waals surface area contributed by atoms with Gasteiger partial charge in [0.1, 0.15) is 18.0 Å². The Balaban J connectivity index is 1.60. The third-order valence-electron chi connectivity index (χ3n) is 3.69. The summed E-state index contributed by atoms with van der Waals surface area (Å²) >= 11 is 0. The Bertz CT molecular complexity index is 743. The standard InChI is InChI=1S/C16H18N4O4/c1-23-14-5-3-2-4-13(14)20-11-12(10-18-20)15(21)17-6-7-19-8-9-24-16(19)22/h2-5,10-11H,6-9H2,1H3,(H,17,21). The molecule has 1 saturated heterocycles. The van der Waals surface area contributed by atoms with Crippen LogP contribution in [0.3, 0.4) is 0 Å². The van der Waals surface area contributed by atoms with E-state index >= 15 is 0 Å². The molecular weight excluding hydrogens is 312 g/mol. The summed E-state index contributed by atoms with van der Waals surface area (Å²) in [6, 6.07) is 7.41. The van der Waals surface area contributed by atoms with Gasteiger partial charge in [0.15, 0.2) is 0 Å². The van der Waals surface area contributed by atoms with Gasteiger partial charge in [-0.1, -0.05) is 12.1 Å². The largest absolute Gasteiger partial charge is 0.494 e. The van der Waals surface area contributed by atoms with Gasteiger partial charge in [0.25, 0.3) is 5.91 Å². The molecule has 2 amide bonds. The molecule has 24 heavy (non-hydrogen) atoms. The minimum absolute atomic E-state index is 0.247. The molecule has 1 aliphatic rings. The van der Waals surface area contributed by atoms with E-state index in [4.69, 9.17) is 9.47 Å². The fourth-order valence-corrected chi connectivity index (χ4v) is 2.43. The maximum Gasteiger partial charge on any atom is 0.409 e. The lowest BCUT2D eigenvalue weighted by Gasteiger charge is -2.12. The van der Waals surface area contributed by atoms with Crippen LogP contribution in [0, 0.1) is 0 Å². The van der Waals surface area contributed by atoms with Crippen LogP contribution in [0.1, 0.15) is 10.4 Å². The Morgan fingerprint density at radius 2 is 2.25 bits per heavy atom. The van der Waals surface area contributed by atoms with Gasteiger partial charge in [-0.15, -0.1) is 0 Å². The molecule has 0 unspecified atom stereocenters. The highest BCUT2D eigenvalue weighted by atomic mass is 16.6. The number of para-hydroxylation sites is 2.